The van der Waals surface area contributed by atoms with Gasteiger partial charge >= 0.3 is 5.97 Å². The zero-order valence-electron chi connectivity index (χ0n) is 11.0. The molecule has 1 aliphatic rings. The molecule has 0 amide bonds. The van der Waals surface area contributed by atoms with Crippen LogP contribution in [0.25, 0.3) is 0 Å². The third kappa shape index (κ3) is 3.54. The minimum atomic E-state index is -3.48. The molecule has 1 saturated heterocycles. The maximum Gasteiger partial charge on any atom is 0.329 e. The normalized spacial score (nSPS) is 18.2. The van der Waals surface area contributed by atoms with E-state index in [2.05, 4.69) is 4.98 Å². The van der Waals surface area contributed by atoms with Gasteiger partial charge in [-0.05, 0) is 19.8 Å². The van der Waals surface area contributed by atoms with Crippen LogP contribution in [0.2, 0.25) is 0 Å². The molecule has 0 radical (unpaired) electrons. The maximum absolute atomic E-state index is 12.3. The number of hydrogen-bond donors (Lipinski definition) is 1. The Morgan fingerprint density at radius 3 is 2.70 bits per heavy atom. The lowest BCUT2D eigenvalue weighted by atomic mass is 10.1. The van der Waals surface area contributed by atoms with E-state index in [-0.39, 0.29) is 16.9 Å². The highest BCUT2D eigenvalue weighted by Crippen LogP contribution is 2.25. The van der Waals surface area contributed by atoms with Crippen molar-refractivity contribution in [2.75, 3.05) is 19.7 Å². The largest absolute Gasteiger partial charge is 0.480 e. The van der Waals surface area contributed by atoms with E-state index < -0.39 is 16.0 Å². The number of carboxylic acids is 1. The van der Waals surface area contributed by atoms with Gasteiger partial charge < -0.3 is 9.84 Å². The van der Waals surface area contributed by atoms with E-state index in [4.69, 9.17) is 9.84 Å². The van der Waals surface area contributed by atoms with Crippen molar-refractivity contribution in [2.24, 2.45) is 0 Å². The summed E-state index contributed by atoms with van der Waals surface area (Å²) in [7, 11) is -3.48. The van der Waals surface area contributed by atoms with Crippen molar-refractivity contribution in [3.05, 3.63) is 11.2 Å². The monoisotopic (exact) mass is 320 g/mol. The fraction of sp³-hybridized carbons (Fsp3) is 0.636. The second kappa shape index (κ2) is 6.17. The Kier molecular flexibility index (Phi) is 4.74. The van der Waals surface area contributed by atoms with Gasteiger partial charge in [0.2, 0.25) is 0 Å². The van der Waals surface area contributed by atoms with Gasteiger partial charge in [-0.25, -0.2) is 18.2 Å². The van der Waals surface area contributed by atoms with Crippen molar-refractivity contribution >= 4 is 27.3 Å². The summed E-state index contributed by atoms with van der Waals surface area (Å²) < 4.78 is 31.5. The van der Waals surface area contributed by atoms with E-state index in [0.717, 1.165) is 11.3 Å². The van der Waals surface area contributed by atoms with E-state index >= 15 is 0 Å². The van der Waals surface area contributed by atoms with Gasteiger partial charge in [0.25, 0.3) is 10.0 Å². The van der Waals surface area contributed by atoms with Crippen LogP contribution in [0.3, 0.4) is 0 Å². The average molecular weight is 320 g/mol. The minimum absolute atomic E-state index is 0.194. The zero-order valence-corrected chi connectivity index (χ0v) is 12.6. The van der Waals surface area contributed by atoms with Crippen LogP contribution in [-0.2, 0) is 19.6 Å². The number of carboxylic acid groups (broad SMARTS) is 1. The number of piperidine rings is 1. The van der Waals surface area contributed by atoms with Gasteiger partial charge in [-0.2, -0.15) is 4.31 Å². The topological polar surface area (TPSA) is 96.8 Å². The average Bonchev–Trinajstić information content (AvgIpc) is 2.84. The number of aryl methyl sites for hydroxylation is 1. The highest BCUT2D eigenvalue weighted by atomic mass is 32.2. The summed E-state index contributed by atoms with van der Waals surface area (Å²) >= 11 is 1.15. The van der Waals surface area contributed by atoms with Gasteiger partial charge in [0.15, 0.2) is 4.21 Å². The number of ether oxygens (including phenoxy) is 1. The number of hydrogen-bond acceptors (Lipinski definition) is 6. The van der Waals surface area contributed by atoms with Gasteiger partial charge in [0, 0.05) is 13.1 Å². The Balaban J connectivity index is 1.95. The van der Waals surface area contributed by atoms with E-state index in [1.165, 1.54) is 10.5 Å². The lowest BCUT2D eigenvalue weighted by Crippen LogP contribution is -2.41. The molecule has 0 saturated carbocycles. The van der Waals surface area contributed by atoms with Crippen LogP contribution in [0.4, 0.5) is 0 Å². The van der Waals surface area contributed by atoms with Crippen molar-refractivity contribution in [3.63, 3.8) is 0 Å². The Labute approximate surface area is 121 Å². The number of nitrogens with zero attached hydrogens (tertiary/aromatic N) is 2. The zero-order chi connectivity index (χ0) is 14.8. The first kappa shape index (κ1) is 15.4. The van der Waals surface area contributed by atoms with Gasteiger partial charge in [0.05, 0.1) is 17.3 Å². The van der Waals surface area contributed by atoms with Gasteiger partial charge in [-0.3, -0.25) is 0 Å². The quantitative estimate of drug-likeness (QED) is 0.858. The van der Waals surface area contributed by atoms with Crippen molar-refractivity contribution in [3.8, 4) is 0 Å². The molecule has 0 unspecified atom stereocenters. The van der Waals surface area contributed by atoms with Gasteiger partial charge in [-0.15, -0.1) is 11.3 Å². The van der Waals surface area contributed by atoms with Crippen molar-refractivity contribution in [2.45, 2.75) is 30.1 Å². The van der Waals surface area contributed by atoms with Crippen LogP contribution < -0.4 is 0 Å². The first-order valence-electron chi connectivity index (χ1n) is 6.15. The third-order valence-corrected chi connectivity index (χ3v) is 6.29. The lowest BCUT2D eigenvalue weighted by Gasteiger charge is -2.30. The number of sulfonamides is 1. The fourth-order valence-electron chi connectivity index (χ4n) is 2.02. The predicted molar refractivity (Wildman–Crippen MR) is 72.2 cm³/mol. The van der Waals surface area contributed by atoms with Gasteiger partial charge in [-0.1, -0.05) is 0 Å². The molecule has 1 aromatic heterocycles. The summed E-state index contributed by atoms with van der Waals surface area (Å²) in [5.74, 6) is -1.01. The molecule has 0 bridgehead atoms. The molecule has 0 spiro atoms. The Bertz CT molecular complexity index is 575. The molecule has 1 fully saturated rings. The molecule has 0 aliphatic carbocycles. The van der Waals surface area contributed by atoms with Crippen LogP contribution >= 0.6 is 11.3 Å². The van der Waals surface area contributed by atoms with E-state index in [1.54, 1.807) is 6.92 Å². The Morgan fingerprint density at radius 2 is 2.20 bits per heavy atom. The second-order valence-electron chi connectivity index (χ2n) is 4.51. The lowest BCUT2D eigenvalue weighted by molar-refractivity contribution is -0.145. The highest BCUT2D eigenvalue weighted by Gasteiger charge is 2.31. The molecule has 1 N–H and O–H groups in total. The molecular weight excluding hydrogens is 304 g/mol. The first-order valence-corrected chi connectivity index (χ1v) is 8.41. The minimum Gasteiger partial charge on any atom is -0.480 e. The van der Waals surface area contributed by atoms with Crippen LogP contribution in [0, 0.1) is 6.92 Å². The molecule has 0 aromatic carbocycles. The smallest absolute Gasteiger partial charge is 0.329 e. The summed E-state index contributed by atoms with van der Waals surface area (Å²) in [6.45, 7) is 2.09. The predicted octanol–water partition coefficient (Wildman–Crippen LogP) is 0.706. The molecule has 7 nitrogen and oxygen atoms in total. The molecule has 9 heteroatoms. The van der Waals surface area contributed by atoms with Crippen LogP contribution in [0.15, 0.2) is 10.4 Å². The summed E-state index contributed by atoms with van der Waals surface area (Å²) in [5.41, 5.74) is 0. The Morgan fingerprint density at radius 1 is 1.55 bits per heavy atom. The highest BCUT2D eigenvalue weighted by molar-refractivity contribution is 7.91. The van der Waals surface area contributed by atoms with Crippen LogP contribution in [0.5, 0.6) is 0 Å². The van der Waals surface area contributed by atoms with E-state index in [9.17, 15) is 13.2 Å². The standard InChI is InChI=1S/C11H16N2O5S2/c1-8-12-6-11(19-8)20(16,17)13-4-2-9(3-5-13)18-7-10(14)15/h6,9H,2-5,7H2,1H3,(H,14,15). The molecule has 1 aromatic rings. The number of aromatic nitrogens is 1. The maximum atomic E-state index is 12.3. The second-order valence-corrected chi connectivity index (χ2v) is 7.91. The fourth-order valence-corrected chi connectivity index (χ4v) is 4.75. The van der Waals surface area contributed by atoms with Crippen molar-refractivity contribution < 1.29 is 23.1 Å². The molecule has 2 rings (SSSR count). The molecule has 2 heterocycles. The SMILES string of the molecule is Cc1ncc(S(=O)(=O)N2CCC(OCC(=O)O)CC2)s1. The van der Waals surface area contributed by atoms with E-state index in [1.807, 2.05) is 0 Å². The number of aliphatic carboxylic acids is 1. The molecule has 112 valence electrons. The van der Waals surface area contributed by atoms with Crippen LogP contribution in [0.1, 0.15) is 17.8 Å². The number of carbonyl (C=O) groups is 1. The summed E-state index contributed by atoms with van der Waals surface area (Å²) in [5, 5.41) is 9.25. The number of rotatable bonds is 5. The molecule has 0 atom stereocenters. The third-order valence-electron chi connectivity index (χ3n) is 3.04. The first-order chi connectivity index (χ1) is 9.39. The number of thiazole rings is 1. The molecule has 1 aliphatic heterocycles. The van der Waals surface area contributed by atoms with Crippen LogP contribution in [-0.4, -0.2) is 54.6 Å². The molecular formula is C11H16N2O5S2. The van der Waals surface area contributed by atoms with Crippen molar-refractivity contribution in [1.29, 1.82) is 0 Å². The summed E-state index contributed by atoms with van der Waals surface area (Å²) in [6, 6.07) is 0. The summed E-state index contributed by atoms with van der Waals surface area (Å²) in [4.78, 5) is 14.4. The van der Waals surface area contributed by atoms with Gasteiger partial charge in [0.1, 0.15) is 6.61 Å². The molecule has 20 heavy (non-hydrogen) atoms. The van der Waals surface area contributed by atoms with E-state index in [0.29, 0.717) is 30.9 Å². The van der Waals surface area contributed by atoms with Crippen molar-refractivity contribution in [1.82, 2.24) is 9.29 Å². The summed E-state index contributed by atoms with van der Waals surface area (Å²) in [6.07, 6.45) is 2.19. The Hall–Kier alpha value is -1.03.